The van der Waals surface area contributed by atoms with E-state index in [2.05, 4.69) is 31.1 Å². The minimum absolute atomic E-state index is 0.0417. The van der Waals surface area contributed by atoms with E-state index < -0.39 is 23.3 Å². The summed E-state index contributed by atoms with van der Waals surface area (Å²) in [6.45, 7) is 3.54. The van der Waals surface area contributed by atoms with Gasteiger partial charge in [0.2, 0.25) is 0 Å². The lowest BCUT2D eigenvalue weighted by Gasteiger charge is -2.35. The molecule has 2 aromatic heterocycles. The first-order chi connectivity index (χ1) is 13.8. The van der Waals surface area contributed by atoms with Gasteiger partial charge in [-0.3, -0.25) is 4.68 Å². The molecule has 4 aromatic rings. The van der Waals surface area contributed by atoms with Gasteiger partial charge < -0.3 is 5.11 Å². The molecule has 0 bridgehead atoms. The number of aliphatic hydroxyl groups is 1. The summed E-state index contributed by atoms with van der Waals surface area (Å²) in [4.78, 5) is 3.89. The Morgan fingerprint density at radius 2 is 2.03 bits per heavy atom. The van der Waals surface area contributed by atoms with E-state index in [4.69, 9.17) is 0 Å². The number of aromatic nitrogens is 5. The quantitative estimate of drug-likeness (QED) is 0.485. The smallest absolute Gasteiger partial charge is 0.137 e. The summed E-state index contributed by atoms with van der Waals surface area (Å²) in [6, 6.07) is 8.15. The highest BCUT2D eigenvalue weighted by Crippen LogP contribution is 2.38. The maximum absolute atomic E-state index is 14.7. The Kier molecular flexibility index (Phi) is 4.95. The van der Waals surface area contributed by atoms with Crippen molar-refractivity contribution in [2.24, 2.45) is 0 Å². The van der Waals surface area contributed by atoms with Gasteiger partial charge in [0.1, 0.15) is 35.4 Å². The van der Waals surface area contributed by atoms with E-state index in [1.54, 1.807) is 11.6 Å². The van der Waals surface area contributed by atoms with Crippen LogP contribution in [0.2, 0.25) is 0 Å². The van der Waals surface area contributed by atoms with Crippen LogP contribution in [0.5, 0.6) is 0 Å². The number of rotatable bonds is 5. The number of hydrogen-bond acceptors (Lipinski definition) is 4. The van der Waals surface area contributed by atoms with Crippen LogP contribution >= 0.6 is 15.9 Å². The highest BCUT2D eigenvalue weighted by molar-refractivity contribution is 9.10. The second-order valence-corrected chi connectivity index (χ2v) is 7.84. The molecule has 0 saturated heterocycles. The van der Waals surface area contributed by atoms with Gasteiger partial charge >= 0.3 is 0 Å². The number of benzene rings is 2. The first kappa shape index (κ1) is 19.7. The zero-order valence-electron chi connectivity index (χ0n) is 15.7. The molecular formula is C20H18BrF2N5O. The fourth-order valence-electron chi connectivity index (χ4n) is 3.64. The Labute approximate surface area is 173 Å². The maximum Gasteiger partial charge on any atom is 0.137 e. The second kappa shape index (κ2) is 7.31. The molecule has 6 nitrogen and oxygen atoms in total. The lowest BCUT2D eigenvalue weighted by molar-refractivity contribution is -0.0372. The number of halogens is 3. The van der Waals surface area contributed by atoms with Crippen LogP contribution < -0.4 is 0 Å². The molecule has 0 radical (unpaired) electrons. The SMILES string of the molecule is Cc1c2cccc(Br)c2nn1[C@H](C)[C@](O)(Cn1cncn1)c1ccc(F)cc1F. The van der Waals surface area contributed by atoms with Gasteiger partial charge in [-0.05, 0) is 41.9 Å². The van der Waals surface area contributed by atoms with Crippen LogP contribution in [0.3, 0.4) is 0 Å². The van der Waals surface area contributed by atoms with Gasteiger partial charge in [0.25, 0.3) is 0 Å². The van der Waals surface area contributed by atoms with Gasteiger partial charge in [-0.15, -0.1) is 0 Å². The Bertz CT molecular complexity index is 1180. The highest BCUT2D eigenvalue weighted by Gasteiger charge is 2.41. The molecule has 9 heteroatoms. The molecular weight excluding hydrogens is 444 g/mol. The van der Waals surface area contributed by atoms with Crippen LogP contribution in [-0.2, 0) is 12.1 Å². The minimum atomic E-state index is -1.77. The lowest BCUT2D eigenvalue weighted by atomic mass is 9.86. The van der Waals surface area contributed by atoms with Gasteiger partial charge in [-0.2, -0.15) is 10.2 Å². The first-order valence-electron chi connectivity index (χ1n) is 8.95. The molecule has 0 aliphatic carbocycles. The van der Waals surface area contributed by atoms with Crippen LogP contribution in [0.25, 0.3) is 10.9 Å². The van der Waals surface area contributed by atoms with E-state index in [-0.39, 0.29) is 12.1 Å². The Morgan fingerprint density at radius 1 is 1.24 bits per heavy atom. The molecule has 150 valence electrons. The van der Waals surface area contributed by atoms with Crippen LogP contribution in [0.1, 0.15) is 24.2 Å². The van der Waals surface area contributed by atoms with Crippen LogP contribution in [-0.4, -0.2) is 29.7 Å². The summed E-state index contributed by atoms with van der Waals surface area (Å²) in [6.07, 6.45) is 2.76. The second-order valence-electron chi connectivity index (χ2n) is 6.98. The van der Waals surface area contributed by atoms with Crippen molar-refractivity contribution in [1.29, 1.82) is 0 Å². The molecule has 2 atom stereocenters. The molecule has 4 rings (SSSR count). The van der Waals surface area contributed by atoms with Crippen molar-refractivity contribution >= 4 is 26.8 Å². The molecule has 29 heavy (non-hydrogen) atoms. The van der Waals surface area contributed by atoms with Gasteiger partial charge in [0, 0.05) is 27.2 Å². The topological polar surface area (TPSA) is 68.8 Å². The maximum atomic E-state index is 14.7. The molecule has 0 unspecified atom stereocenters. The summed E-state index contributed by atoms with van der Waals surface area (Å²) >= 11 is 3.49. The predicted octanol–water partition coefficient (Wildman–Crippen LogP) is 4.13. The summed E-state index contributed by atoms with van der Waals surface area (Å²) in [5, 5.41) is 21.3. The highest BCUT2D eigenvalue weighted by atomic mass is 79.9. The zero-order valence-corrected chi connectivity index (χ0v) is 17.3. The molecule has 1 N–H and O–H groups in total. The van der Waals surface area contributed by atoms with Crippen molar-refractivity contribution < 1.29 is 13.9 Å². The van der Waals surface area contributed by atoms with E-state index in [9.17, 15) is 13.9 Å². The van der Waals surface area contributed by atoms with Crippen molar-refractivity contribution in [3.8, 4) is 0 Å². The van der Waals surface area contributed by atoms with Crippen molar-refractivity contribution in [3.05, 3.63) is 76.4 Å². The molecule has 0 aliphatic rings. The predicted molar refractivity (Wildman–Crippen MR) is 107 cm³/mol. The van der Waals surface area contributed by atoms with E-state index in [1.165, 1.54) is 23.4 Å². The Morgan fingerprint density at radius 3 is 2.69 bits per heavy atom. The largest absolute Gasteiger partial charge is 0.381 e. The van der Waals surface area contributed by atoms with Crippen molar-refractivity contribution in [1.82, 2.24) is 24.5 Å². The van der Waals surface area contributed by atoms with Crippen molar-refractivity contribution in [2.45, 2.75) is 32.0 Å². The number of nitrogens with zero attached hydrogens (tertiary/aromatic N) is 5. The molecule has 0 aliphatic heterocycles. The minimum Gasteiger partial charge on any atom is -0.381 e. The third-order valence-electron chi connectivity index (χ3n) is 5.25. The Balaban J connectivity index is 1.89. The Hall–Kier alpha value is -2.65. The molecule has 0 spiro atoms. The average molecular weight is 462 g/mol. The number of fused-ring (bicyclic) bond motifs is 1. The van der Waals surface area contributed by atoms with Gasteiger partial charge in [0.05, 0.1) is 12.6 Å². The third-order valence-corrected chi connectivity index (χ3v) is 5.89. The van der Waals surface area contributed by atoms with Crippen LogP contribution in [0.15, 0.2) is 53.5 Å². The van der Waals surface area contributed by atoms with E-state index in [1.807, 2.05) is 25.1 Å². The van der Waals surface area contributed by atoms with Gasteiger partial charge in [0.15, 0.2) is 0 Å². The van der Waals surface area contributed by atoms with Crippen molar-refractivity contribution in [2.75, 3.05) is 0 Å². The van der Waals surface area contributed by atoms with Gasteiger partial charge in [-0.1, -0.05) is 18.2 Å². The van der Waals surface area contributed by atoms with E-state index >= 15 is 0 Å². The van der Waals surface area contributed by atoms with E-state index in [0.717, 1.165) is 33.2 Å². The summed E-state index contributed by atoms with van der Waals surface area (Å²) in [5.74, 6) is -1.55. The zero-order chi connectivity index (χ0) is 20.8. The fraction of sp³-hybridized carbons (Fsp3) is 0.250. The molecule has 0 saturated carbocycles. The third kappa shape index (κ3) is 3.34. The lowest BCUT2D eigenvalue weighted by Crippen LogP contribution is -2.41. The molecule has 0 fully saturated rings. The molecule has 2 aromatic carbocycles. The first-order valence-corrected chi connectivity index (χ1v) is 9.74. The summed E-state index contributed by atoms with van der Waals surface area (Å²) in [5.41, 5.74) is -0.266. The fourth-order valence-corrected chi connectivity index (χ4v) is 4.08. The number of hydrogen-bond donors (Lipinski definition) is 1. The average Bonchev–Trinajstić information content (AvgIpc) is 3.30. The standard InChI is InChI=1S/C20H18BrF2N5O/c1-12-15-4-3-5-17(21)19(15)26-28(12)13(2)20(29,9-27-11-24-10-25-27)16-7-6-14(22)8-18(16)23/h3-8,10-11,13,29H,9H2,1-2H3/t13-,20-/m1/s1. The van der Waals surface area contributed by atoms with Crippen LogP contribution in [0.4, 0.5) is 8.78 Å². The summed E-state index contributed by atoms with van der Waals surface area (Å²) < 4.78 is 32.1. The van der Waals surface area contributed by atoms with Crippen LogP contribution in [0, 0.1) is 18.6 Å². The number of aryl methyl sites for hydroxylation is 1. The monoisotopic (exact) mass is 461 g/mol. The molecule has 0 amide bonds. The summed E-state index contributed by atoms with van der Waals surface area (Å²) in [7, 11) is 0. The van der Waals surface area contributed by atoms with Crippen molar-refractivity contribution in [3.63, 3.8) is 0 Å². The van der Waals surface area contributed by atoms with E-state index in [0.29, 0.717) is 0 Å². The normalized spacial score (nSPS) is 14.8. The molecule has 2 heterocycles. The van der Waals surface area contributed by atoms with Gasteiger partial charge in [-0.25, -0.2) is 18.4 Å².